The van der Waals surface area contributed by atoms with Crippen LogP contribution in [0.5, 0.6) is 0 Å². The van der Waals surface area contributed by atoms with Crippen molar-refractivity contribution in [2.45, 2.75) is 26.9 Å². The maximum absolute atomic E-state index is 5.87. The third-order valence-electron chi connectivity index (χ3n) is 4.03. The highest BCUT2D eigenvalue weighted by molar-refractivity contribution is 14.0. The monoisotopic (exact) mass is 463 g/mol. The zero-order valence-electron chi connectivity index (χ0n) is 15.2. The first-order valence-electron chi connectivity index (χ1n) is 8.63. The van der Waals surface area contributed by atoms with E-state index in [9.17, 15) is 0 Å². The van der Waals surface area contributed by atoms with Gasteiger partial charge in [-0.3, -0.25) is 0 Å². The molecule has 138 valence electrons. The quantitative estimate of drug-likeness (QED) is 0.332. The predicted octanol–water partition coefficient (Wildman–Crippen LogP) is 3.76. The number of guanidine groups is 1. The van der Waals surface area contributed by atoms with Crippen molar-refractivity contribution in [1.29, 1.82) is 0 Å². The van der Waals surface area contributed by atoms with E-state index in [-0.39, 0.29) is 24.0 Å². The maximum atomic E-state index is 5.87. The molecule has 0 saturated heterocycles. The summed E-state index contributed by atoms with van der Waals surface area (Å²) < 4.78 is 2.16. The third kappa shape index (κ3) is 5.45. The van der Waals surface area contributed by atoms with Crippen LogP contribution in [0.4, 0.5) is 0 Å². The van der Waals surface area contributed by atoms with Crippen molar-refractivity contribution in [3.63, 3.8) is 0 Å². The first kappa shape index (κ1) is 20.2. The van der Waals surface area contributed by atoms with Gasteiger partial charge in [0.15, 0.2) is 5.96 Å². The molecule has 0 aliphatic heterocycles. The SMILES string of the molecule is CC(C)CNC(N)=NCc1ccc(Cn2cnc3ccccc32)cc1.I. The zero-order chi connectivity index (χ0) is 17.6. The summed E-state index contributed by atoms with van der Waals surface area (Å²) >= 11 is 0. The van der Waals surface area contributed by atoms with Gasteiger partial charge in [-0.1, -0.05) is 50.2 Å². The van der Waals surface area contributed by atoms with Crippen LogP contribution in [-0.4, -0.2) is 22.1 Å². The molecule has 26 heavy (non-hydrogen) atoms. The Labute approximate surface area is 171 Å². The normalized spacial score (nSPS) is 11.6. The molecule has 5 nitrogen and oxygen atoms in total. The van der Waals surface area contributed by atoms with Crippen LogP contribution in [-0.2, 0) is 13.1 Å². The molecule has 2 aromatic carbocycles. The molecular formula is C20H26IN5. The lowest BCUT2D eigenvalue weighted by Gasteiger charge is -2.08. The van der Waals surface area contributed by atoms with Gasteiger partial charge >= 0.3 is 0 Å². The van der Waals surface area contributed by atoms with Gasteiger partial charge in [0.05, 0.1) is 23.9 Å². The molecule has 6 heteroatoms. The second-order valence-corrected chi connectivity index (χ2v) is 6.65. The van der Waals surface area contributed by atoms with Crippen LogP contribution in [0.2, 0.25) is 0 Å². The highest BCUT2D eigenvalue weighted by atomic mass is 127. The van der Waals surface area contributed by atoms with Gasteiger partial charge in [-0.2, -0.15) is 0 Å². The van der Waals surface area contributed by atoms with Crippen molar-refractivity contribution < 1.29 is 0 Å². The number of imidazole rings is 1. The van der Waals surface area contributed by atoms with Gasteiger partial charge in [0.1, 0.15) is 0 Å². The van der Waals surface area contributed by atoms with Crippen LogP contribution in [0.1, 0.15) is 25.0 Å². The largest absolute Gasteiger partial charge is 0.370 e. The predicted molar refractivity (Wildman–Crippen MR) is 119 cm³/mol. The van der Waals surface area contributed by atoms with Crippen molar-refractivity contribution in [3.05, 3.63) is 66.0 Å². The second-order valence-electron chi connectivity index (χ2n) is 6.65. The second kappa shape index (κ2) is 9.56. The molecule has 0 spiro atoms. The van der Waals surface area contributed by atoms with E-state index < -0.39 is 0 Å². The van der Waals surface area contributed by atoms with Gasteiger partial charge in [-0.15, -0.1) is 24.0 Å². The summed E-state index contributed by atoms with van der Waals surface area (Å²) in [6, 6.07) is 16.7. The topological polar surface area (TPSA) is 68.2 Å². The van der Waals surface area contributed by atoms with Crippen LogP contribution in [0, 0.1) is 5.92 Å². The Kier molecular flexibility index (Phi) is 7.44. The number of fused-ring (bicyclic) bond motifs is 1. The number of aromatic nitrogens is 2. The van der Waals surface area contributed by atoms with Crippen LogP contribution in [0.15, 0.2) is 59.9 Å². The summed E-state index contributed by atoms with van der Waals surface area (Å²) in [6.45, 7) is 6.52. The Balaban J connectivity index is 0.00000243. The van der Waals surface area contributed by atoms with Crippen molar-refractivity contribution >= 4 is 41.0 Å². The molecule has 0 unspecified atom stereocenters. The Morgan fingerprint density at radius 1 is 1.12 bits per heavy atom. The number of hydrogen-bond donors (Lipinski definition) is 2. The van der Waals surface area contributed by atoms with Crippen LogP contribution in [0.3, 0.4) is 0 Å². The van der Waals surface area contributed by atoms with Gasteiger partial charge in [0, 0.05) is 13.1 Å². The van der Waals surface area contributed by atoms with Crippen molar-refractivity contribution in [1.82, 2.24) is 14.9 Å². The molecule has 3 N–H and O–H groups in total. The minimum Gasteiger partial charge on any atom is -0.370 e. The van der Waals surface area contributed by atoms with E-state index in [1.807, 2.05) is 24.5 Å². The fourth-order valence-corrected chi connectivity index (χ4v) is 2.62. The Bertz CT molecular complexity index is 852. The van der Waals surface area contributed by atoms with E-state index in [4.69, 9.17) is 5.73 Å². The number of para-hydroxylation sites is 2. The number of nitrogens with two attached hydrogens (primary N) is 1. The van der Waals surface area contributed by atoms with Gasteiger partial charge in [0.2, 0.25) is 0 Å². The average molecular weight is 463 g/mol. The van der Waals surface area contributed by atoms with Crippen molar-refractivity contribution in [3.8, 4) is 0 Å². The van der Waals surface area contributed by atoms with E-state index >= 15 is 0 Å². The average Bonchev–Trinajstić information content (AvgIpc) is 3.02. The number of aliphatic imine (C=N–C) groups is 1. The summed E-state index contributed by atoms with van der Waals surface area (Å²) in [5.41, 5.74) is 10.4. The molecule has 3 rings (SSSR count). The molecule has 0 bridgehead atoms. The van der Waals surface area contributed by atoms with Gasteiger partial charge in [-0.25, -0.2) is 9.98 Å². The number of rotatable bonds is 6. The Hall–Kier alpha value is -2.09. The first-order chi connectivity index (χ1) is 12.1. The molecule has 1 aromatic heterocycles. The summed E-state index contributed by atoms with van der Waals surface area (Å²) in [7, 11) is 0. The van der Waals surface area contributed by atoms with Crippen LogP contribution >= 0.6 is 24.0 Å². The number of halogens is 1. The van der Waals surface area contributed by atoms with Crippen molar-refractivity contribution in [2.24, 2.45) is 16.6 Å². The highest BCUT2D eigenvalue weighted by Gasteiger charge is 2.02. The van der Waals surface area contributed by atoms with E-state index in [1.54, 1.807) is 0 Å². The highest BCUT2D eigenvalue weighted by Crippen LogP contribution is 2.14. The van der Waals surface area contributed by atoms with Crippen LogP contribution in [0.25, 0.3) is 11.0 Å². The molecule has 0 saturated carbocycles. The minimum atomic E-state index is 0. The number of benzene rings is 2. The van der Waals surface area contributed by atoms with Gasteiger partial charge in [0.25, 0.3) is 0 Å². The van der Waals surface area contributed by atoms with Crippen molar-refractivity contribution in [2.75, 3.05) is 6.54 Å². The minimum absolute atomic E-state index is 0. The zero-order valence-corrected chi connectivity index (χ0v) is 17.6. The molecule has 3 aromatic rings. The Morgan fingerprint density at radius 3 is 2.54 bits per heavy atom. The fourth-order valence-electron chi connectivity index (χ4n) is 2.62. The molecule has 0 fully saturated rings. The lowest BCUT2D eigenvalue weighted by molar-refractivity contribution is 0.622. The molecule has 0 aliphatic carbocycles. The van der Waals surface area contributed by atoms with E-state index in [2.05, 4.69) is 64.0 Å². The molecule has 1 heterocycles. The van der Waals surface area contributed by atoms with Crippen LogP contribution < -0.4 is 11.1 Å². The van der Waals surface area contributed by atoms with E-state index in [0.29, 0.717) is 18.4 Å². The molecule has 0 amide bonds. The molecular weight excluding hydrogens is 437 g/mol. The van der Waals surface area contributed by atoms with E-state index in [1.165, 1.54) is 5.56 Å². The molecule has 0 atom stereocenters. The van der Waals surface area contributed by atoms with Gasteiger partial charge < -0.3 is 15.6 Å². The molecule has 0 aliphatic rings. The van der Waals surface area contributed by atoms with E-state index in [0.717, 1.165) is 29.7 Å². The summed E-state index contributed by atoms with van der Waals surface area (Å²) in [5.74, 6) is 1.05. The lowest BCUT2D eigenvalue weighted by atomic mass is 10.1. The first-order valence-corrected chi connectivity index (χ1v) is 8.63. The standard InChI is InChI=1S/C20H25N5.HI/c1-15(2)11-22-20(21)23-12-16-7-9-17(10-8-16)13-25-14-24-18-5-3-4-6-19(18)25;/h3-10,14-15H,11-13H2,1-2H3,(H3,21,22,23);1H. The van der Waals surface area contributed by atoms with Gasteiger partial charge in [-0.05, 0) is 29.2 Å². The number of nitrogens with one attached hydrogen (secondary N) is 1. The summed E-state index contributed by atoms with van der Waals surface area (Å²) in [4.78, 5) is 8.82. The third-order valence-corrected chi connectivity index (χ3v) is 4.03. The summed E-state index contributed by atoms with van der Waals surface area (Å²) in [5, 5.41) is 3.13. The number of nitrogens with zero attached hydrogens (tertiary/aromatic N) is 3. The smallest absolute Gasteiger partial charge is 0.188 e. The summed E-state index contributed by atoms with van der Waals surface area (Å²) in [6.07, 6.45) is 1.89. The lowest BCUT2D eigenvalue weighted by Crippen LogP contribution is -2.34. The maximum Gasteiger partial charge on any atom is 0.188 e. The Morgan fingerprint density at radius 2 is 1.81 bits per heavy atom. The number of hydrogen-bond acceptors (Lipinski definition) is 2. The molecule has 0 radical (unpaired) electrons. The fraction of sp³-hybridized carbons (Fsp3) is 0.300.